The second kappa shape index (κ2) is 12.4. The number of epoxide rings is 1. The van der Waals surface area contributed by atoms with Crippen molar-refractivity contribution >= 4 is 17.6 Å². The molecule has 2 aromatic rings. The summed E-state index contributed by atoms with van der Waals surface area (Å²) in [4.78, 5) is 37.0. The Labute approximate surface area is 232 Å². The van der Waals surface area contributed by atoms with Gasteiger partial charge in [0.25, 0.3) is 5.69 Å². The van der Waals surface area contributed by atoms with Crippen LogP contribution in [0, 0.1) is 10.1 Å². The van der Waals surface area contributed by atoms with Crippen molar-refractivity contribution in [3.05, 3.63) is 92.3 Å². The molecule has 13 heteroatoms. The number of nitrogens with one attached hydrogen (secondary N) is 1. The van der Waals surface area contributed by atoms with E-state index in [1.807, 2.05) is 24.3 Å². The summed E-state index contributed by atoms with van der Waals surface area (Å²) >= 11 is 0. The van der Waals surface area contributed by atoms with Crippen molar-refractivity contribution in [1.29, 1.82) is 0 Å². The van der Waals surface area contributed by atoms with Crippen LogP contribution in [-0.2, 0) is 30.2 Å². The number of rotatable bonds is 11. The first-order valence-electron chi connectivity index (χ1n) is 12.6. The fraction of sp³-hybridized carbons (Fsp3) is 0.357. The fourth-order valence-electron chi connectivity index (χ4n) is 4.49. The molecule has 41 heavy (non-hydrogen) atoms. The first-order valence-corrected chi connectivity index (χ1v) is 12.6. The molecule has 2 aliphatic heterocycles. The molecule has 2 aromatic carbocycles. The monoisotopic (exact) mass is 576 g/mol. The molecule has 218 valence electrons. The Kier molecular flexibility index (Phi) is 8.96. The lowest BCUT2D eigenvalue weighted by atomic mass is 9.79. The molecule has 0 spiro atoms. The van der Waals surface area contributed by atoms with Gasteiger partial charge in [0.05, 0.1) is 42.3 Å². The molecular formula is C28H27F3N2O8. The Morgan fingerprint density at radius 2 is 1.78 bits per heavy atom. The molecule has 2 aliphatic rings. The SMILES string of the molecule is COC(=O)C1=C(C(F)(F)F)NC(C)=C(C(=O)OCCCc2ccc(OCC3CO3)cc2)C1c1ccccc1[N+](=O)[O-]. The van der Waals surface area contributed by atoms with Gasteiger partial charge < -0.3 is 24.3 Å². The summed E-state index contributed by atoms with van der Waals surface area (Å²) in [6.45, 7) is 2.27. The number of ether oxygens (including phenoxy) is 4. The van der Waals surface area contributed by atoms with Gasteiger partial charge in [-0.3, -0.25) is 10.1 Å². The highest BCUT2D eigenvalue weighted by Gasteiger charge is 2.48. The molecule has 0 aliphatic carbocycles. The van der Waals surface area contributed by atoms with Gasteiger partial charge in [-0.25, -0.2) is 9.59 Å². The van der Waals surface area contributed by atoms with Crippen molar-refractivity contribution in [1.82, 2.24) is 5.32 Å². The summed E-state index contributed by atoms with van der Waals surface area (Å²) in [5.41, 5.74) is -3.00. The number of aryl methyl sites for hydroxylation is 1. The van der Waals surface area contributed by atoms with E-state index in [2.05, 4.69) is 10.1 Å². The van der Waals surface area contributed by atoms with Gasteiger partial charge in [-0.05, 0) is 37.5 Å². The predicted octanol–water partition coefficient (Wildman–Crippen LogP) is 4.50. The van der Waals surface area contributed by atoms with Crippen molar-refractivity contribution in [3.8, 4) is 5.75 Å². The number of carbonyl (C=O) groups is 2. The third kappa shape index (κ3) is 7.04. The largest absolute Gasteiger partial charge is 0.491 e. The second-order valence-electron chi connectivity index (χ2n) is 9.34. The number of para-hydroxylation sites is 1. The quantitative estimate of drug-likeness (QED) is 0.135. The Morgan fingerprint density at radius 3 is 2.39 bits per heavy atom. The number of benzene rings is 2. The maximum atomic E-state index is 14.0. The molecule has 0 bridgehead atoms. The molecule has 0 amide bonds. The number of esters is 2. The summed E-state index contributed by atoms with van der Waals surface area (Å²) in [6, 6.07) is 12.3. The van der Waals surface area contributed by atoms with Crippen molar-refractivity contribution in [3.63, 3.8) is 0 Å². The molecular weight excluding hydrogens is 549 g/mol. The number of hydrogen-bond donors (Lipinski definition) is 1. The lowest BCUT2D eigenvalue weighted by Crippen LogP contribution is -2.38. The molecule has 2 unspecified atom stereocenters. The summed E-state index contributed by atoms with van der Waals surface area (Å²) in [5.74, 6) is -3.51. The van der Waals surface area contributed by atoms with Gasteiger partial charge in [0.1, 0.15) is 24.2 Å². The van der Waals surface area contributed by atoms with E-state index in [4.69, 9.17) is 14.2 Å². The highest BCUT2D eigenvalue weighted by molar-refractivity contribution is 6.00. The van der Waals surface area contributed by atoms with Crippen LogP contribution in [0.4, 0.5) is 18.9 Å². The van der Waals surface area contributed by atoms with Gasteiger partial charge in [0.2, 0.25) is 0 Å². The molecule has 0 radical (unpaired) electrons. The molecule has 1 saturated heterocycles. The smallest absolute Gasteiger partial charge is 0.431 e. The van der Waals surface area contributed by atoms with Gasteiger partial charge in [-0.2, -0.15) is 13.2 Å². The molecule has 2 heterocycles. The van der Waals surface area contributed by atoms with Crippen molar-refractivity contribution < 1.29 is 46.6 Å². The first kappa shape index (κ1) is 29.6. The molecule has 0 saturated carbocycles. The lowest BCUT2D eigenvalue weighted by molar-refractivity contribution is -0.385. The van der Waals surface area contributed by atoms with Crippen LogP contribution >= 0.6 is 0 Å². The Bertz CT molecular complexity index is 1380. The molecule has 0 aromatic heterocycles. The second-order valence-corrected chi connectivity index (χ2v) is 9.34. The fourth-order valence-corrected chi connectivity index (χ4v) is 4.49. The predicted molar refractivity (Wildman–Crippen MR) is 138 cm³/mol. The molecule has 1 fully saturated rings. The number of nitro benzene ring substituents is 1. The number of alkyl halides is 3. The van der Waals surface area contributed by atoms with Crippen molar-refractivity contribution in [2.24, 2.45) is 0 Å². The maximum Gasteiger partial charge on any atom is 0.431 e. The highest BCUT2D eigenvalue weighted by Crippen LogP contribution is 2.45. The lowest BCUT2D eigenvalue weighted by Gasteiger charge is -2.31. The van der Waals surface area contributed by atoms with Crippen LogP contribution in [0.25, 0.3) is 0 Å². The zero-order valence-electron chi connectivity index (χ0n) is 22.2. The number of allylic oxidation sites excluding steroid dienone is 2. The number of carbonyl (C=O) groups excluding carboxylic acids is 2. The molecule has 4 rings (SSSR count). The standard InChI is InChI=1S/C28H27F3N2O8/c1-16-22(27(35)39-13-5-6-17-9-11-18(12-10-17)40-14-19-15-41-19)23(20-7-3-4-8-21(20)33(36)37)24(26(34)38-2)25(32-16)28(29,30)31/h3-4,7-12,19,23,32H,5-6,13-15H2,1-2H3. The Morgan fingerprint density at radius 1 is 1.10 bits per heavy atom. The van der Waals surface area contributed by atoms with Crippen LogP contribution in [-0.4, -0.2) is 56.1 Å². The van der Waals surface area contributed by atoms with Crippen LogP contribution in [0.15, 0.2) is 71.1 Å². The number of hydrogen-bond acceptors (Lipinski definition) is 9. The molecule has 1 N–H and O–H groups in total. The number of nitrogens with zero attached hydrogens (tertiary/aromatic N) is 1. The van der Waals surface area contributed by atoms with Crippen molar-refractivity contribution in [2.45, 2.75) is 38.0 Å². The summed E-state index contributed by atoms with van der Waals surface area (Å²) in [7, 11) is 0.878. The van der Waals surface area contributed by atoms with Gasteiger partial charge >= 0.3 is 18.1 Å². The number of nitro groups is 1. The number of methoxy groups -OCH3 is 1. The normalized spacial score (nSPS) is 18.5. The van der Waals surface area contributed by atoms with Crippen molar-refractivity contribution in [2.75, 3.05) is 26.9 Å². The summed E-state index contributed by atoms with van der Waals surface area (Å²) in [5, 5.41) is 13.9. The Balaban J connectivity index is 1.55. The maximum absolute atomic E-state index is 14.0. The summed E-state index contributed by atoms with van der Waals surface area (Å²) in [6.07, 6.45) is -4.02. The minimum absolute atomic E-state index is 0.0973. The highest BCUT2D eigenvalue weighted by atomic mass is 19.4. The summed E-state index contributed by atoms with van der Waals surface area (Å²) < 4.78 is 62.8. The minimum atomic E-state index is -5.06. The first-order chi connectivity index (χ1) is 19.5. The van der Waals surface area contributed by atoms with E-state index in [-0.39, 0.29) is 29.5 Å². The zero-order chi connectivity index (χ0) is 29.7. The van der Waals surface area contributed by atoms with E-state index in [0.29, 0.717) is 31.8 Å². The third-order valence-corrected chi connectivity index (χ3v) is 6.52. The Hall–Kier alpha value is -4.39. The average Bonchev–Trinajstić information content (AvgIpc) is 3.78. The van der Waals surface area contributed by atoms with E-state index in [1.165, 1.54) is 25.1 Å². The van der Waals surface area contributed by atoms with Crippen LogP contribution in [0.2, 0.25) is 0 Å². The van der Waals surface area contributed by atoms with E-state index in [0.717, 1.165) is 18.7 Å². The van der Waals surface area contributed by atoms with Gasteiger partial charge in [-0.1, -0.05) is 30.3 Å². The third-order valence-electron chi connectivity index (χ3n) is 6.52. The van der Waals surface area contributed by atoms with E-state index < -0.39 is 45.9 Å². The number of dihydropyridines is 1. The van der Waals surface area contributed by atoms with E-state index in [9.17, 15) is 32.9 Å². The van der Waals surface area contributed by atoms with Gasteiger partial charge in [0, 0.05) is 17.3 Å². The number of halogens is 3. The molecule has 2 atom stereocenters. The van der Waals surface area contributed by atoms with Crippen LogP contribution < -0.4 is 10.1 Å². The van der Waals surface area contributed by atoms with E-state index in [1.54, 1.807) is 0 Å². The molecule has 10 nitrogen and oxygen atoms in total. The van der Waals surface area contributed by atoms with E-state index >= 15 is 0 Å². The van der Waals surface area contributed by atoms with Gasteiger partial charge in [-0.15, -0.1) is 0 Å². The van der Waals surface area contributed by atoms with Crippen LogP contribution in [0.1, 0.15) is 30.4 Å². The van der Waals surface area contributed by atoms with Crippen LogP contribution in [0.5, 0.6) is 5.75 Å². The topological polar surface area (TPSA) is 130 Å². The van der Waals surface area contributed by atoms with Crippen LogP contribution in [0.3, 0.4) is 0 Å². The average molecular weight is 577 g/mol. The zero-order valence-corrected chi connectivity index (χ0v) is 22.2. The minimum Gasteiger partial charge on any atom is -0.491 e. The van der Waals surface area contributed by atoms with Gasteiger partial charge in [0.15, 0.2) is 0 Å².